The second-order valence-electron chi connectivity index (χ2n) is 12.2. The highest BCUT2D eigenvalue weighted by molar-refractivity contribution is 6.31. The summed E-state index contributed by atoms with van der Waals surface area (Å²) >= 11 is 12.3. The van der Waals surface area contributed by atoms with E-state index in [2.05, 4.69) is 15.5 Å². The van der Waals surface area contributed by atoms with E-state index >= 15 is 8.78 Å². The van der Waals surface area contributed by atoms with Crippen molar-refractivity contribution >= 4 is 40.6 Å². The lowest BCUT2D eigenvalue weighted by molar-refractivity contribution is -0.122. The van der Waals surface area contributed by atoms with Crippen LogP contribution < -0.4 is 10.6 Å². The predicted octanol–water partition coefficient (Wildman–Crippen LogP) is 5.70. The van der Waals surface area contributed by atoms with Crippen molar-refractivity contribution in [1.29, 1.82) is 0 Å². The second-order valence-corrected chi connectivity index (χ2v) is 13.1. The van der Waals surface area contributed by atoms with E-state index in [4.69, 9.17) is 27.9 Å². The Bertz CT molecular complexity index is 1310. The normalized spacial score (nSPS) is 26.8. The zero-order chi connectivity index (χ0) is 28.8. The molecule has 0 saturated carbocycles. The van der Waals surface area contributed by atoms with E-state index in [1.165, 1.54) is 18.2 Å². The Labute approximate surface area is 243 Å². The number of halogens is 4. The first kappa shape index (κ1) is 29.4. The maximum Gasteiger partial charge on any atom is 0.237 e. The monoisotopic (exact) mass is 593 g/mol. The molecule has 10 heteroatoms. The standard InChI is InChI=1S/C30H35Cl2F2N3O3/c1-29(2,3)16-24-30(18-14-21(33)20(32)15-22(18)35-28(30)39)25(17-6-4-7-19(31)26(17)34)27(36-24)23(38)8-5-9-37-10-12-40-13-11-37/h4,6-7,14-15,24-25,27,36H,5,8-13,16H2,1-3H3,(H,35,39)/t24-,25+,27+,30+/m1/s1. The number of benzene rings is 2. The lowest BCUT2D eigenvalue weighted by Gasteiger charge is -2.37. The zero-order valence-electron chi connectivity index (χ0n) is 23.0. The smallest absolute Gasteiger partial charge is 0.237 e. The number of ketones is 1. The molecule has 2 aromatic carbocycles. The molecule has 0 bridgehead atoms. The average molecular weight is 595 g/mol. The van der Waals surface area contributed by atoms with Crippen LogP contribution in [0.4, 0.5) is 14.5 Å². The van der Waals surface area contributed by atoms with Gasteiger partial charge in [-0.25, -0.2) is 8.78 Å². The largest absolute Gasteiger partial charge is 0.379 e. The fourth-order valence-electron chi connectivity index (χ4n) is 6.67. The SMILES string of the molecule is CC(C)(C)C[C@H]1N[C@@H](C(=O)CCCN2CCOCC2)[C@H](c2cccc(Cl)c2F)[C@@]12C(=O)Nc1cc(Cl)c(F)cc12. The number of anilines is 1. The fraction of sp³-hybridized carbons (Fsp3) is 0.533. The van der Waals surface area contributed by atoms with Crippen molar-refractivity contribution in [2.24, 2.45) is 5.41 Å². The van der Waals surface area contributed by atoms with Crippen molar-refractivity contribution in [3.05, 3.63) is 63.1 Å². The van der Waals surface area contributed by atoms with Gasteiger partial charge in [-0.15, -0.1) is 0 Å². The van der Waals surface area contributed by atoms with Gasteiger partial charge in [0.1, 0.15) is 22.8 Å². The van der Waals surface area contributed by atoms with Crippen LogP contribution in [-0.4, -0.2) is 61.5 Å². The Kier molecular flexibility index (Phi) is 8.30. The number of fused-ring (bicyclic) bond motifs is 2. The van der Waals surface area contributed by atoms with Gasteiger partial charge < -0.3 is 15.4 Å². The molecule has 3 aliphatic heterocycles. The maximum atomic E-state index is 15.8. The van der Waals surface area contributed by atoms with E-state index in [1.54, 1.807) is 12.1 Å². The van der Waals surface area contributed by atoms with E-state index in [0.29, 0.717) is 37.3 Å². The van der Waals surface area contributed by atoms with Gasteiger partial charge >= 0.3 is 0 Å². The van der Waals surface area contributed by atoms with Crippen molar-refractivity contribution in [3.8, 4) is 0 Å². The number of nitrogens with zero attached hydrogens (tertiary/aromatic N) is 1. The lowest BCUT2D eigenvalue weighted by Crippen LogP contribution is -2.49. The van der Waals surface area contributed by atoms with Gasteiger partial charge in [-0.1, -0.05) is 56.1 Å². The van der Waals surface area contributed by atoms with Gasteiger partial charge in [-0.2, -0.15) is 0 Å². The van der Waals surface area contributed by atoms with Gasteiger partial charge in [0.15, 0.2) is 0 Å². The van der Waals surface area contributed by atoms with Crippen molar-refractivity contribution in [2.45, 2.75) is 63.5 Å². The van der Waals surface area contributed by atoms with Crippen LogP contribution in [0.2, 0.25) is 10.0 Å². The molecule has 216 valence electrons. The summed E-state index contributed by atoms with van der Waals surface area (Å²) in [5, 5.41) is 6.10. The fourth-order valence-corrected chi connectivity index (χ4v) is 7.02. The summed E-state index contributed by atoms with van der Waals surface area (Å²) in [6, 6.07) is 5.78. The molecule has 3 heterocycles. The Morgan fingerprint density at radius 2 is 1.88 bits per heavy atom. The van der Waals surface area contributed by atoms with E-state index in [1.807, 2.05) is 20.8 Å². The molecule has 2 saturated heterocycles. The topological polar surface area (TPSA) is 70.7 Å². The highest BCUT2D eigenvalue weighted by Gasteiger charge is 2.66. The Balaban J connectivity index is 1.61. The van der Waals surface area contributed by atoms with Crippen LogP contribution in [0.25, 0.3) is 0 Å². The second kappa shape index (κ2) is 11.3. The van der Waals surface area contributed by atoms with Crippen LogP contribution >= 0.6 is 23.2 Å². The Morgan fingerprint density at radius 3 is 2.58 bits per heavy atom. The Hall–Kier alpha value is -2.10. The molecule has 2 aromatic rings. The minimum Gasteiger partial charge on any atom is -0.379 e. The molecule has 0 radical (unpaired) electrons. The molecule has 3 aliphatic rings. The first-order valence-corrected chi connectivity index (χ1v) is 14.5. The predicted molar refractivity (Wildman–Crippen MR) is 152 cm³/mol. The quantitative estimate of drug-likeness (QED) is 0.431. The molecular weight excluding hydrogens is 559 g/mol. The number of carbonyl (C=O) groups is 2. The molecule has 0 aliphatic carbocycles. The number of hydrogen-bond donors (Lipinski definition) is 2. The number of amides is 1. The average Bonchev–Trinajstić information content (AvgIpc) is 3.36. The molecule has 6 nitrogen and oxygen atoms in total. The number of ether oxygens (including phenoxy) is 1. The highest BCUT2D eigenvalue weighted by atomic mass is 35.5. The van der Waals surface area contributed by atoms with Gasteiger partial charge in [0, 0.05) is 37.2 Å². The first-order valence-electron chi connectivity index (χ1n) is 13.8. The van der Waals surface area contributed by atoms with Crippen LogP contribution in [0, 0.1) is 17.0 Å². The number of hydrogen-bond acceptors (Lipinski definition) is 5. The molecule has 2 fully saturated rings. The van der Waals surface area contributed by atoms with Crippen LogP contribution in [0.5, 0.6) is 0 Å². The van der Waals surface area contributed by atoms with Crippen LogP contribution in [0.3, 0.4) is 0 Å². The van der Waals surface area contributed by atoms with Gasteiger partial charge in [0.2, 0.25) is 5.91 Å². The molecule has 0 aromatic heterocycles. The number of carbonyl (C=O) groups excluding carboxylic acids is 2. The summed E-state index contributed by atoms with van der Waals surface area (Å²) < 4.78 is 36.2. The van der Waals surface area contributed by atoms with E-state index in [-0.39, 0.29) is 33.2 Å². The van der Waals surface area contributed by atoms with E-state index in [9.17, 15) is 9.59 Å². The summed E-state index contributed by atoms with van der Waals surface area (Å²) in [6.07, 6.45) is 1.33. The highest BCUT2D eigenvalue weighted by Crippen LogP contribution is 2.57. The van der Waals surface area contributed by atoms with Crippen molar-refractivity contribution in [2.75, 3.05) is 38.2 Å². The third-order valence-corrected chi connectivity index (χ3v) is 8.95. The molecule has 1 spiro atoms. The first-order chi connectivity index (χ1) is 18.9. The molecular formula is C30H35Cl2F2N3O3. The summed E-state index contributed by atoms with van der Waals surface area (Å²) in [7, 11) is 0. The minimum atomic E-state index is -1.47. The zero-order valence-corrected chi connectivity index (χ0v) is 24.5. The molecule has 2 N–H and O–H groups in total. The van der Waals surface area contributed by atoms with E-state index < -0.39 is 41.0 Å². The third kappa shape index (κ3) is 5.29. The maximum absolute atomic E-state index is 15.8. The summed E-state index contributed by atoms with van der Waals surface area (Å²) in [6.45, 7) is 9.80. The lowest BCUT2D eigenvalue weighted by atomic mass is 9.62. The van der Waals surface area contributed by atoms with Crippen molar-refractivity contribution < 1.29 is 23.1 Å². The van der Waals surface area contributed by atoms with Crippen LogP contribution in [0.15, 0.2) is 30.3 Å². The number of Topliss-reactive ketones (excluding diaryl/α,β-unsaturated/α-hetero) is 1. The van der Waals surface area contributed by atoms with Crippen molar-refractivity contribution in [3.63, 3.8) is 0 Å². The van der Waals surface area contributed by atoms with E-state index in [0.717, 1.165) is 19.6 Å². The van der Waals surface area contributed by atoms with Gasteiger partial charge in [0.05, 0.1) is 29.3 Å². The summed E-state index contributed by atoms with van der Waals surface area (Å²) in [5.41, 5.74) is -0.852. The number of rotatable bonds is 7. The molecule has 5 rings (SSSR count). The molecule has 4 atom stereocenters. The minimum absolute atomic E-state index is 0.105. The van der Waals surface area contributed by atoms with Crippen LogP contribution in [-0.2, 0) is 19.7 Å². The van der Waals surface area contributed by atoms with Gasteiger partial charge in [-0.05, 0) is 54.1 Å². The molecule has 1 amide bonds. The number of nitrogens with one attached hydrogen (secondary N) is 2. The Morgan fingerprint density at radius 1 is 1.15 bits per heavy atom. The summed E-state index contributed by atoms with van der Waals surface area (Å²) in [5.74, 6) is -2.87. The van der Waals surface area contributed by atoms with Crippen LogP contribution in [0.1, 0.15) is 57.1 Å². The van der Waals surface area contributed by atoms with Gasteiger partial charge in [-0.3, -0.25) is 14.5 Å². The molecule has 0 unspecified atom stereocenters. The third-order valence-electron chi connectivity index (χ3n) is 8.37. The molecule has 40 heavy (non-hydrogen) atoms. The van der Waals surface area contributed by atoms with Crippen molar-refractivity contribution in [1.82, 2.24) is 10.2 Å². The summed E-state index contributed by atoms with van der Waals surface area (Å²) in [4.78, 5) is 30.4. The van der Waals surface area contributed by atoms with Gasteiger partial charge in [0.25, 0.3) is 0 Å². The number of morpholine rings is 1.